The van der Waals surface area contributed by atoms with E-state index >= 15 is 0 Å². The largest absolute Gasteiger partial charge is 0.384 e. The van der Waals surface area contributed by atoms with Gasteiger partial charge < -0.3 is 29.4 Å². The summed E-state index contributed by atoms with van der Waals surface area (Å²) in [6.45, 7) is 1.39. The molecule has 10 heteroatoms. The van der Waals surface area contributed by atoms with Crippen LogP contribution in [-0.4, -0.2) is 46.9 Å². The van der Waals surface area contributed by atoms with Gasteiger partial charge in [-0.3, -0.25) is 0 Å². The Morgan fingerprint density at radius 2 is 0.978 bits per heavy atom. The third-order valence-corrected chi connectivity index (χ3v) is 8.00. The lowest BCUT2D eigenvalue weighted by atomic mass is 9.97. The minimum absolute atomic E-state index is 0.171. The van der Waals surface area contributed by atoms with Crippen LogP contribution in [0.3, 0.4) is 0 Å². The van der Waals surface area contributed by atoms with E-state index in [0.29, 0.717) is 13.2 Å². The van der Waals surface area contributed by atoms with E-state index in [1.807, 2.05) is 121 Å². The summed E-state index contributed by atoms with van der Waals surface area (Å²) in [7, 11) is 0. The molecule has 1 saturated heterocycles. The molecule has 0 spiro atoms. The van der Waals surface area contributed by atoms with Gasteiger partial charge in [0, 0.05) is 0 Å². The van der Waals surface area contributed by atoms with E-state index in [2.05, 4.69) is 4.99 Å². The second kappa shape index (κ2) is 17.3. The SMILES string of the molecule is N/C(=N/[C@@H]1O[C@H](COCc2ccccc2)[C@@H](OCc2ccccc2)[C@H](OCc2ccccc2)[C@H]1OCc1ccccc1)C(Cl)(Cl)Cl. The molecule has 2 N–H and O–H groups in total. The average molecular weight is 684 g/mol. The molecule has 1 aliphatic heterocycles. The van der Waals surface area contributed by atoms with Gasteiger partial charge in [0.15, 0.2) is 6.23 Å². The zero-order valence-corrected chi connectivity index (χ0v) is 27.4. The highest BCUT2D eigenvalue weighted by atomic mass is 35.6. The number of aliphatic imine (C=N–C) groups is 1. The first-order valence-electron chi connectivity index (χ1n) is 15.0. The number of alkyl halides is 3. The van der Waals surface area contributed by atoms with Crippen LogP contribution in [0.25, 0.3) is 0 Å². The van der Waals surface area contributed by atoms with E-state index < -0.39 is 34.4 Å². The lowest BCUT2D eigenvalue weighted by molar-refractivity contribution is -0.270. The molecule has 0 saturated carbocycles. The number of amidine groups is 1. The summed E-state index contributed by atoms with van der Waals surface area (Å²) in [5, 5.41) is 0. The van der Waals surface area contributed by atoms with E-state index in [0.717, 1.165) is 22.3 Å². The fraction of sp³-hybridized carbons (Fsp3) is 0.306. The molecule has 0 amide bonds. The van der Waals surface area contributed by atoms with Crippen molar-refractivity contribution in [2.24, 2.45) is 10.7 Å². The molecule has 0 radical (unpaired) electrons. The molecule has 0 aromatic heterocycles. The van der Waals surface area contributed by atoms with E-state index in [1.54, 1.807) is 0 Å². The van der Waals surface area contributed by atoms with Crippen molar-refractivity contribution < 1.29 is 23.7 Å². The van der Waals surface area contributed by atoms with Crippen LogP contribution in [-0.2, 0) is 50.1 Å². The second-order valence-electron chi connectivity index (χ2n) is 10.9. The number of nitrogens with zero attached hydrogens (tertiary/aromatic N) is 1. The highest BCUT2D eigenvalue weighted by Crippen LogP contribution is 2.33. The third kappa shape index (κ3) is 10.3. The van der Waals surface area contributed by atoms with Crippen molar-refractivity contribution in [2.75, 3.05) is 6.61 Å². The molecule has 46 heavy (non-hydrogen) atoms. The Bertz CT molecular complexity index is 1480. The Balaban J connectivity index is 1.48. The van der Waals surface area contributed by atoms with Crippen molar-refractivity contribution in [2.45, 2.75) is 60.9 Å². The number of benzene rings is 4. The molecule has 1 fully saturated rings. The number of hydrogen-bond donors (Lipinski definition) is 1. The molecule has 4 aromatic carbocycles. The van der Waals surface area contributed by atoms with Crippen LogP contribution < -0.4 is 5.73 Å². The summed E-state index contributed by atoms with van der Waals surface area (Å²) in [5.41, 5.74) is 10.1. The van der Waals surface area contributed by atoms with Crippen molar-refractivity contribution >= 4 is 40.6 Å². The van der Waals surface area contributed by atoms with Crippen LogP contribution in [0.1, 0.15) is 22.3 Å². The van der Waals surface area contributed by atoms with Gasteiger partial charge in [-0.1, -0.05) is 156 Å². The van der Waals surface area contributed by atoms with E-state index in [4.69, 9.17) is 64.2 Å². The first-order chi connectivity index (χ1) is 22.4. The maximum Gasteiger partial charge on any atom is 0.247 e. The molecule has 0 aliphatic carbocycles. The van der Waals surface area contributed by atoms with Gasteiger partial charge in [0.2, 0.25) is 3.79 Å². The maximum atomic E-state index is 6.67. The van der Waals surface area contributed by atoms with Crippen LogP contribution in [0.2, 0.25) is 0 Å². The van der Waals surface area contributed by atoms with Crippen molar-refractivity contribution in [1.29, 1.82) is 0 Å². The zero-order chi connectivity index (χ0) is 32.2. The summed E-state index contributed by atoms with van der Waals surface area (Å²) in [6.07, 6.45) is -3.73. The van der Waals surface area contributed by atoms with E-state index in [1.165, 1.54) is 0 Å². The molecule has 1 aliphatic rings. The number of ether oxygens (including phenoxy) is 5. The fourth-order valence-corrected chi connectivity index (χ4v) is 5.23. The first-order valence-corrected chi connectivity index (χ1v) is 16.1. The highest BCUT2D eigenvalue weighted by Gasteiger charge is 2.49. The zero-order valence-electron chi connectivity index (χ0n) is 25.2. The lowest BCUT2D eigenvalue weighted by Gasteiger charge is -2.45. The van der Waals surface area contributed by atoms with Gasteiger partial charge in [0.1, 0.15) is 30.3 Å². The minimum Gasteiger partial charge on any atom is -0.384 e. The number of nitrogens with two attached hydrogens (primary N) is 1. The molecule has 7 nitrogen and oxygen atoms in total. The molecular weight excluding hydrogens is 647 g/mol. The highest BCUT2D eigenvalue weighted by molar-refractivity contribution is 6.76. The minimum atomic E-state index is -1.95. The fourth-order valence-electron chi connectivity index (χ4n) is 5.08. The second-order valence-corrected chi connectivity index (χ2v) is 13.1. The number of halogens is 3. The van der Waals surface area contributed by atoms with Crippen LogP contribution in [0.4, 0.5) is 0 Å². The van der Waals surface area contributed by atoms with Crippen molar-refractivity contribution in [3.05, 3.63) is 144 Å². The topological polar surface area (TPSA) is 84.5 Å². The average Bonchev–Trinajstić information content (AvgIpc) is 3.07. The van der Waals surface area contributed by atoms with Crippen LogP contribution in [0.5, 0.6) is 0 Å². The van der Waals surface area contributed by atoms with E-state index in [-0.39, 0.29) is 25.7 Å². The Labute approximate surface area is 285 Å². The Morgan fingerprint density at radius 1 is 0.587 bits per heavy atom. The summed E-state index contributed by atoms with van der Waals surface area (Å²) in [4.78, 5) is 4.54. The Morgan fingerprint density at radius 3 is 1.41 bits per heavy atom. The van der Waals surface area contributed by atoms with Gasteiger partial charge in [-0.05, 0) is 22.3 Å². The molecule has 242 valence electrons. The summed E-state index contributed by atoms with van der Waals surface area (Å²) in [6, 6.07) is 39.5. The Hall–Kier alpha value is -2.98. The van der Waals surface area contributed by atoms with Gasteiger partial charge in [-0.15, -0.1) is 0 Å². The van der Waals surface area contributed by atoms with Crippen LogP contribution in [0.15, 0.2) is 126 Å². The molecular formula is C36H37Cl3N2O5. The van der Waals surface area contributed by atoms with Gasteiger partial charge >= 0.3 is 0 Å². The lowest BCUT2D eigenvalue weighted by Crippen LogP contribution is -2.61. The van der Waals surface area contributed by atoms with Crippen LogP contribution in [0, 0.1) is 0 Å². The molecule has 5 rings (SSSR count). The molecule has 0 unspecified atom stereocenters. The summed E-state index contributed by atoms with van der Waals surface area (Å²) in [5.74, 6) is -0.231. The number of rotatable bonds is 14. The van der Waals surface area contributed by atoms with Gasteiger partial charge in [0.05, 0.1) is 33.0 Å². The predicted octanol–water partition coefficient (Wildman–Crippen LogP) is 7.41. The normalized spacial score (nSPS) is 22.1. The van der Waals surface area contributed by atoms with Crippen LogP contribution >= 0.6 is 34.8 Å². The van der Waals surface area contributed by atoms with E-state index in [9.17, 15) is 0 Å². The molecule has 5 atom stereocenters. The van der Waals surface area contributed by atoms with Gasteiger partial charge in [0.25, 0.3) is 0 Å². The predicted molar refractivity (Wildman–Crippen MR) is 182 cm³/mol. The van der Waals surface area contributed by atoms with Crippen molar-refractivity contribution in [3.8, 4) is 0 Å². The van der Waals surface area contributed by atoms with Gasteiger partial charge in [-0.2, -0.15) is 0 Å². The molecule has 4 aromatic rings. The first kappa shape index (κ1) is 34.4. The molecule has 0 bridgehead atoms. The quantitative estimate of drug-likeness (QED) is 0.0847. The van der Waals surface area contributed by atoms with Gasteiger partial charge in [-0.25, -0.2) is 4.99 Å². The maximum absolute atomic E-state index is 6.67. The monoisotopic (exact) mass is 682 g/mol. The standard InChI is InChI=1S/C36H37Cl3N2O5/c37-36(38,39)35(40)41-34-33(45-24-29-19-11-4-12-20-29)32(44-23-28-17-9-3-10-18-28)31(43-22-27-15-7-2-8-16-27)30(46-34)25-42-21-26-13-5-1-6-14-26/h1-20,30-34H,21-25H2,(H2,40,41)/t30-,31-,32+,33-,34-/m1/s1. The van der Waals surface area contributed by atoms with Crippen molar-refractivity contribution in [1.82, 2.24) is 0 Å². The third-order valence-electron chi connectivity index (χ3n) is 7.42. The smallest absolute Gasteiger partial charge is 0.247 e. The summed E-state index contributed by atoms with van der Waals surface area (Å²) >= 11 is 18.4. The van der Waals surface area contributed by atoms with Crippen molar-refractivity contribution in [3.63, 3.8) is 0 Å². The summed E-state index contributed by atoms with van der Waals surface area (Å²) < 4.78 is 30.6. The molecule has 1 heterocycles. The number of hydrogen-bond acceptors (Lipinski definition) is 6. The Kier molecular flexibility index (Phi) is 12.9.